The maximum Gasteiger partial charge on any atom is 0.290 e. The molecule has 1 saturated heterocycles. The van der Waals surface area contributed by atoms with Gasteiger partial charge in [-0.05, 0) is 32.4 Å². The zero-order valence-corrected chi connectivity index (χ0v) is 24.5. The monoisotopic (exact) mass is 561 g/mol. The van der Waals surface area contributed by atoms with Crippen LogP contribution < -0.4 is 5.32 Å². The van der Waals surface area contributed by atoms with Gasteiger partial charge in [0.1, 0.15) is 0 Å². The minimum absolute atomic E-state index is 0.00277. The first-order valence-electron chi connectivity index (χ1n) is 14.7. The Bertz CT molecular complexity index is 1180. The van der Waals surface area contributed by atoms with Crippen LogP contribution in [0.3, 0.4) is 0 Å². The normalized spacial score (nSPS) is 15.9. The average molecular weight is 562 g/mol. The molecule has 1 heterocycles. The number of nitrogens with one attached hydrogen (secondary N) is 1. The zero-order chi connectivity index (χ0) is 29.8. The summed E-state index contributed by atoms with van der Waals surface area (Å²) in [6.07, 6.45) is 2.26. The summed E-state index contributed by atoms with van der Waals surface area (Å²) in [6, 6.07) is 17.4. The third-order valence-corrected chi connectivity index (χ3v) is 7.79. The van der Waals surface area contributed by atoms with E-state index in [2.05, 4.69) is 10.2 Å². The van der Waals surface area contributed by atoms with Crippen molar-refractivity contribution in [3.05, 3.63) is 71.8 Å². The van der Waals surface area contributed by atoms with Crippen LogP contribution in [0.4, 0.5) is 0 Å². The third-order valence-electron chi connectivity index (χ3n) is 7.79. The number of benzene rings is 2. The highest BCUT2D eigenvalue weighted by Gasteiger charge is 2.33. The second-order valence-corrected chi connectivity index (χ2v) is 11.1. The van der Waals surface area contributed by atoms with Crippen molar-refractivity contribution >= 4 is 29.2 Å². The molecule has 1 N–H and O–H groups in total. The lowest BCUT2D eigenvalue weighted by Crippen LogP contribution is -2.50. The molecule has 3 atom stereocenters. The molecule has 8 heteroatoms. The number of unbranched alkanes of at least 4 members (excludes halogenated alkanes) is 1. The Morgan fingerprint density at radius 1 is 0.829 bits per heavy atom. The fraction of sp³-hybridized carbons (Fsp3) is 0.485. The fourth-order valence-electron chi connectivity index (χ4n) is 5.07. The van der Waals surface area contributed by atoms with Crippen LogP contribution in [0, 0.1) is 11.8 Å². The first-order valence-corrected chi connectivity index (χ1v) is 14.7. The molecule has 1 aliphatic rings. The van der Waals surface area contributed by atoms with E-state index in [4.69, 9.17) is 0 Å². The van der Waals surface area contributed by atoms with E-state index in [0.717, 1.165) is 18.4 Å². The molecule has 2 amide bonds. The first-order chi connectivity index (χ1) is 19.7. The van der Waals surface area contributed by atoms with Crippen molar-refractivity contribution in [2.45, 2.75) is 58.4 Å². The molecule has 41 heavy (non-hydrogen) atoms. The van der Waals surface area contributed by atoms with Crippen LogP contribution in [0.5, 0.6) is 0 Å². The molecule has 0 radical (unpaired) electrons. The van der Waals surface area contributed by atoms with Crippen LogP contribution >= 0.6 is 0 Å². The lowest BCUT2D eigenvalue weighted by Gasteiger charge is -2.32. The Kier molecular flexibility index (Phi) is 12.4. The van der Waals surface area contributed by atoms with Crippen molar-refractivity contribution < 1.29 is 24.0 Å². The summed E-state index contributed by atoms with van der Waals surface area (Å²) in [4.78, 5) is 69.5. The first kappa shape index (κ1) is 31.9. The molecular formula is C33H43N3O5. The summed E-state index contributed by atoms with van der Waals surface area (Å²) in [5, 5.41) is 2.80. The Labute approximate surface area is 243 Å². The summed E-state index contributed by atoms with van der Waals surface area (Å²) < 4.78 is 0. The molecule has 0 aliphatic carbocycles. The summed E-state index contributed by atoms with van der Waals surface area (Å²) >= 11 is 0. The molecule has 0 aromatic heterocycles. The molecule has 3 rings (SSSR count). The SMILES string of the molecule is CCCCC(CC(=O)[C@H](C)NC(=O)[C@@H](CC(=O)c1ccccc1)Cc1ccccc1)C(=O)C(=O)N1CCN(C)CC1. The number of nitrogens with zero attached hydrogens (tertiary/aromatic N) is 2. The minimum atomic E-state index is -0.858. The smallest absolute Gasteiger partial charge is 0.290 e. The van der Waals surface area contributed by atoms with E-state index in [1.807, 2.05) is 50.4 Å². The van der Waals surface area contributed by atoms with Crippen LogP contribution in [0.15, 0.2) is 60.7 Å². The molecule has 2 aromatic rings. The van der Waals surface area contributed by atoms with E-state index in [1.54, 1.807) is 36.1 Å². The number of hydrogen-bond donors (Lipinski definition) is 1. The van der Waals surface area contributed by atoms with Crippen molar-refractivity contribution in [1.29, 1.82) is 0 Å². The molecule has 2 aromatic carbocycles. The van der Waals surface area contributed by atoms with Crippen molar-refractivity contribution in [3.63, 3.8) is 0 Å². The standard InChI is InChI=1S/C33H43N3O5/c1-4-5-14-27(31(39)33(41)36-19-17-35(3)18-20-36)22-29(37)24(2)34-32(40)28(21-25-12-8-6-9-13-25)23-30(38)26-15-10-7-11-16-26/h6-13,15-16,24,27-28H,4-5,14,17-23H2,1-3H3,(H,34,40)/t24-,27?,28+/m0/s1. The van der Waals surface area contributed by atoms with Crippen molar-refractivity contribution in [2.75, 3.05) is 33.2 Å². The van der Waals surface area contributed by atoms with Gasteiger partial charge < -0.3 is 15.1 Å². The van der Waals surface area contributed by atoms with Gasteiger partial charge in [0.15, 0.2) is 11.6 Å². The summed E-state index contributed by atoms with van der Waals surface area (Å²) in [7, 11) is 1.98. The highest BCUT2D eigenvalue weighted by Crippen LogP contribution is 2.20. The Hall–Kier alpha value is -3.65. The molecule has 0 spiro atoms. The van der Waals surface area contributed by atoms with Crippen LogP contribution in [-0.4, -0.2) is 78.2 Å². The van der Waals surface area contributed by atoms with E-state index >= 15 is 0 Å². The van der Waals surface area contributed by atoms with Gasteiger partial charge in [0.05, 0.1) is 6.04 Å². The van der Waals surface area contributed by atoms with Crippen molar-refractivity contribution in [3.8, 4) is 0 Å². The number of likely N-dealkylation sites (N-methyl/N-ethyl adjacent to an activating group) is 1. The van der Waals surface area contributed by atoms with Crippen LogP contribution in [0.25, 0.3) is 0 Å². The number of carbonyl (C=O) groups excluding carboxylic acids is 5. The lowest BCUT2D eigenvalue weighted by molar-refractivity contribution is -0.148. The van der Waals surface area contributed by atoms with Crippen LogP contribution in [0.1, 0.15) is 61.9 Å². The Balaban J connectivity index is 1.66. The van der Waals surface area contributed by atoms with Gasteiger partial charge in [-0.1, -0.05) is 80.4 Å². The molecule has 0 bridgehead atoms. The number of Topliss-reactive ketones (excluding diaryl/α,β-unsaturated/α-hetero) is 3. The number of amides is 2. The van der Waals surface area contributed by atoms with Crippen molar-refractivity contribution in [2.24, 2.45) is 11.8 Å². The van der Waals surface area contributed by atoms with Crippen molar-refractivity contribution in [1.82, 2.24) is 15.1 Å². The highest BCUT2D eigenvalue weighted by molar-refractivity contribution is 6.37. The van der Waals surface area contributed by atoms with E-state index in [9.17, 15) is 24.0 Å². The fourth-order valence-corrected chi connectivity index (χ4v) is 5.07. The van der Waals surface area contributed by atoms with Gasteiger partial charge in [0, 0.05) is 56.4 Å². The summed E-state index contributed by atoms with van der Waals surface area (Å²) in [5.74, 6) is -3.26. The van der Waals surface area contributed by atoms with Gasteiger partial charge in [-0.25, -0.2) is 0 Å². The zero-order valence-electron chi connectivity index (χ0n) is 24.5. The largest absolute Gasteiger partial charge is 0.346 e. The quantitative estimate of drug-likeness (QED) is 0.263. The van der Waals surface area contributed by atoms with Gasteiger partial charge in [-0.3, -0.25) is 24.0 Å². The minimum Gasteiger partial charge on any atom is -0.346 e. The number of rotatable bonds is 15. The van der Waals surface area contributed by atoms with E-state index < -0.39 is 29.6 Å². The Morgan fingerprint density at radius 3 is 2.05 bits per heavy atom. The maximum absolute atomic E-state index is 13.4. The van der Waals surface area contributed by atoms with E-state index in [0.29, 0.717) is 44.6 Å². The molecule has 1 fully saturated rings. The number of hydrogen-bond acceptors (Lipinski definition) is 6. The molecule has 0 saturated carbocycles. The van der Waals surface area contributed by atoms with Crippen LogP contribution in [0.2, 0.25) is 0 Å². The molecule has 1 unspecified atom stereocenters. The number of carbonyl (C=O) groups is 5. The third kappa shape index (κ3) is 9.74. The summed E-state index contributed by atoms with van der Waals surface area (Å²) in [5.41, 5.74) is 1.45. The Morgan fingerprint density at radius 2 is 1.44 bits per heavy atom. The highest BCUT2D eigenvalue weighted by atomic mass is 16.2. The average Bonchev–Trinajstić information content (AvgIpc) is 2.99. The second kappa shape index (κ2) is 16.0. The van der Waals surface area contributed by atoms with Gasteiger partial charge in [0.2, 0.25) is 11.7 Å². The number of ketones is 3. The maximum atomic E-state index is 13.4. The topological polar surface area (TPSA) is 104 Å². The second-order valence-electron chi connectivity index (χ2n) is 11.1. The molecule has 220 valence electrons. The van der Waals surface area contributed by atoms with Crippen LogP contribution in [-0.2, 0) is 25.6 Å². The van der Waals surface area contributed by atoms with Gasteiger partial charge in [0.25, 0.3) is 5.91 Å². The number of piperazine rings is 1. The molecule has 1 aliphatic heterocycles. The molecular weight excluding hydrogens is 518 g/mol. The van der Waals surface area contributed by atoms with Gasteiger partial charge in [-0.2, -0.15) is 0 Å². The van der Waals surface area contributed by atoms with Gasteiger partial charge >= 0.3 is 0 Å². The predicted molar refractivity (Wildman–Crippen MR) is 158 cm³/mol. The predicted octanol–water partition coefficient (Wildman–Crippen LogP) is 3.73. The van der Waals surface area contributed by atoms with Gasteiger partial charge in [-0.15, -0.1) is 0 Å². The lowest BCUT2D eigenvalue weighted by atomic mass is 9.88. The molecule has 8 nitrogen and oxygen atoms in total. The summed E-state index contributed by atoms with van der Waals surface area (Å²) in [6.45, 7) is 5.99. The van der Waals surface area contributed by atoms with E-state index in [-0.39, 0.29) is 30.3 Å². The van der Waals surface area contributed by atoms with E-state index in [1.165, 1.54) is 0 Å².